The monoisotopic (exact) mass is 649 g/mol. The van der Waals surface area contributed by atoms with Crippen LogP contribution >= 0.6 is 11.6 Å². The molecule has 0 spiro atoms. The molecule has 2 aliphatic carbocycles. The first-order chi connectivity index (χ1) is 21.5. The normalized spacial score (nSPS) is 18.1. The van der Waals surface area contributed by atoms with Crippen LogP contribution < -0.4 is 21.7 Å². The summed E-state index contributed by atoms with van der Waals surface area (Å²) in [5.74, 6) is -3.46. The fourth-order valence-corrected chi connectivity index (χ4v) is 5.40. The van der Waals surface area contributed by atoms with Crippen LogP contribution in [0.25, 0.3) is 0 Å². The number of likely N-dealkylation sites (tertiary alicyclic amines) is 1. The smallest absolute Gasteiger partial charge is 0.323 e. The van der Waals surface area contributed by atoms with E-state index in [2.05, 4.69) is 29.8 Å². The van der Waals surface area contributed by atoms with Gasteiger partial charge in [-0.1, -0.05) is 64.3 Å². The molecule has 2 fully saturated rings. The Morgan fingerprint density at radius 1 is 1.00 bits per heavy atom. The van der Waals surface area contributed by atoms with Gasteiger partial charge in [0.2, 0.25) is 17.6 Å². The molecular formula is C32H48ClN5O7. The molecule has 3 aliphatic rings. The van der Waals surface area contributed by atoms with Crippen molar-refractivity contribution >= 4 is 47.1 Å². The molecule has 250 valence electrons. The summed E-state index contributed by atoms with van der Waals surface area (Å²) in [4.78, 5) is 75.7. The molecule has 1 saturated heterocycles. The van der Waals surface area contributed by atoms with Crippen LogP contribution in [0.1, 0.15) is 76.8 Å². The van der Waals surface area contributed by atoms with Crippen LogP contribution in [0.5, 0.6) is 0 Å². The van der Waals surface area contributed by atoms with Crippen molar-refractivity contribution in [1.82, 2.24) is 20.9 Å². The van der Waals surface area contributed by atoms with Crippen LogP contribution in [0.3, 0.4) is 0 Å². The molecule has 1 aromatic carbocycles. The number of fused-ring (bicyclic) bond motifs is 1. The number of carboxylic acids is 1. The van der Waals surface area contributed by atoms with Crippen molar-refractivity contribution < 1.29 is 33.9 Å². The summed E-state index contributed by atoms with van der Waals surface area (Å²) in [6.45, 7) is 5.97. The number of carbonyl (C=O) groups excluding carboxylic acids is 5. The lowest BCUT2D eigenvalue weighted by Crippen LogP contribution is -2.59. The molecule has 1 aromatic rings. The van der Waals surface area contributed by atoms with Gasteiger partial charge in [-0.2, -0.15) is 0 Å². The molecule has 13 heteroatoms. The Kier molecular flexibility index (Phi) is 15.8. The van der Waals surface area contributed by atoms with Crippen molar-refractivity contribution in [3.63, 3.8) is 0 Å². The Balaban J connectivity index is 0.000000917. The number of aliphatic carboxylic acids is 1. The molecule has 0 bridgehead atoms. The number of nitrogens with two attached hydrogens (primary N) is 1. The van der Waals surface area contributed by atoms with E-state index < -0.39 is 60.2 Å². The SMILES string of the molecule is CCC.CCCCl.NC(=O)C(=O)C(CC1CC1)NC(=O)C1CCCN1C(=O)C(NC(=O)NCC(=O)O)C1Cc2ccccc2C1. The highest BCUT2D eigenvalue weighted by atomic mass is 35.5. The van der Waals surface area contributed by atoms with Gasteiger partial charge in [0.05, 0.1) is 6.04 Å². The number of primary amides is 1. The van der Waals surface area contributed by atoms with Crippen molar-refractivity contribution in [3.05, 3.63) is 35.4 Å². The molecular weight excluding hydrogens is 602 g/mol. The third-order valence-electron chi connectivity index (χ3n) is 7.68. The standard InChI is InChI=1S/C26H33N5O7.C3H7Cl.C3H8/c27-23(35)22(34)18(10-14-7-8-14)29-24(36)19-6-3-9-31(19)25(37)21(30-26(38)28-13-20(32)33)17-11-15-4-1-2-5-16(15)12-17;1-2-3-4;1-3-2/h1-2,4-5,14,17-19,21H,3,6-13H2,(H2,27,35)(H,29,36)(H,32,33)(H2,28,30,38);2-3H2,1H3;3H2,1-2H3. The van der Waals surface area contributed by atoms with Crippen molar-refractivity contribution in [2.24, 2.45) is 17.6 Å². The largest absolute Gasteiger partial charge is 0.480 e. The number of Topliss-reactive ketones (excluding diaryl/α,β-unsaturated/α-hetero) is 1. The van der Waals surface area contributed by atoms with E-state index >= 15 is 0 Å². The van der Waals surface area contributed by atoms with Gasteiger partial charge in [0.1, 0.15) is 18.6 Å². The highest BCUT2D eigenvalue weighted by Crippen LogP contribution is 2.34. The van der Waals surface area contributed by atoms with E-state index in [1.54, 1.807) is 0 Å². The average Bonchev–Trinajstić information content (AvgIpc) is 3.50. The van der Waals surface area contributed by atoms with Gasteiger partial charge in [-0.25, -0.2) is 4.79 Å². The van der Waals surface area contributed by atoms with Crippen molar-refractivity contribution in [3.8, 4) is 0 Å². The van der Waals surface area contributed by atoms with E-state index in [1.807, 2.05) is 31.2 Å². The predicted octanol–water partition coefficient (Wildman–Crippen LogP) is 2.54. The lowest BCUT2D eigenvalue weighted by Gasteiger charge is -2.32. The number of rotatable bonds is 12. The molecule has 0 aromatic heterocycles. The molecule has 3 atom stereocenters. The van der Waals surface area contributed by atoms with E-state index in [9.17, 15) is 28.8 Å². The Morgan fingerprint density at radius 2 is 1.58 bits per heavy atom. The molecule has 0 radical (unpaired) electrons. The Morgan fingerprint density at radius 3 is 2.07 bits per heavy atom. The van der Waals surface area contributed by atoms with Gasteiger partial charge in [0, 0.05) is 12.4 Å². The number of carbonyl (C=O) groups is 6. The van der Waals surface area contributed by atoms with Crippen molar-refractivity contribution in [2.75, 3.05) is 19.0 Å². The number of carboxylic acid groups (broad SMARTS) is 1. The molecule has 45 heavy (non-hydrogen) atoms. The number of ketones is 1. The molecule has 1 saturated carbocycles. The Bertz CT molecular complexity index is 1170. The van der Waals surface area contributed by atoms with Crippen molar-refractivity contribution in [2.45, 2.75) is 96.7 Å². The summed E-state index contributed by atoms with van der Waals surface area (Å²) in [6.07, 6.45) is 6.45. The summed E-state index contributed by atoms with van der Waals surface area (Å²) in [6, 6.07) is 4.02. The minimum Gasteiger partial charge on any atom is -0.480 e. The van der Waals surface area contributed by atoms with E-state index in [4.69, 9.17) is 22.4 Å². The maximum absolute atomic E-state index is 13.8. The zero-order valence-electron chi connectivity index (χ0n) is 26.5. The van der Waals surface area contributed by atoms with Crippen LogP contribution in [-0.4, -0.2) is 82.6 Å². The average molecular weight is 650 g/mol. The Labute approximate surface area is 270 Å². The maximum Gasteiger partial charge on any atom is 0.323 e. The van der Waals surface area contributed by atoms with Gasteiger partial charge >= 0.3 is 12.0 Å². The molecule has 5 amide bonds. The van der Waals surface area contributed by atoms with Crippen molar-refractivity contribution in [1.29, 1.82) is 0 Å². The van der Waals surface area contributed by atoms with Gasteiger partial charge in [0.25, 0.3) is 5.91 Å². The van der Waals surface area contributed by atoms with E-state index in [-0.39, 0.29) is 18.4 Å². The number of nitrogens with zero attached hydrogens (tertiary/aromatic N) is 1. The first-order valence-electron chi connectivity index (χ1n) is 15.8. The lowest BCUT2D eigenvalue weighted by atomic mass is 9.95. The summed E-state index contributed by atoms with van der Waals surface area (Å²) in [7, 11) is 0. The number of benzene rings is 1. The number of urea groups is 1. The summed E-state index contributed by atoms with van der Waals surface area (Å²) >= 11 is 5.19. The first-order valence-corrected chi connectivity index (χ1v) is 16.3. The summed E-state index contributed by atoms with van der Waals surface area (Å²) in [5.41, 5.74) is 7.31. The number of alkyl halides is 1. The molecule has 1 heterocycles. The van der Waals surface area contributed by atoms with Crippen LogP contribution in [0.15, 0.2) is 24.3 Å². The van der Waals surface area contributed by atoms with Gasteiger partial charge in [0.15, 0.2) is 0 Å². The third kappa shape index (κ3) is 12.0. The molecule has 6 N–H and O–H groups in total. The minimum atomic E-state index is -1.22. The fourth-order valence-electron chi connectivity index (χ4n) is 5.40. The van der Waals surface area contributed by atoms with Crippen LogP contribution in [0.2, 0.25) is 0 Å². The van der Waals surface area contributed by atoms with Crippen LogP contribution in [-0.2, 0) is 36.8 Å². The van der Waals surface area contributed by atoms with Gasteiger partial charge in [-0.05, 0) is 61.5 Å². The first kappa shape index (κ1) is 37.5. The highest BCUT2D eigenvalue weighted by molar-refractivity contribution is 6.37. The van der Waals surface area contributed by atoms with E-state index in [0.717, 1.165) is 36.3 Å². The topological polar surface area (TPSA) is 188 Å². The second kappa shape index (κ2) is 19.0. The Hall–Kier alpha value is -3.67. The number of hydrogen-bond acceptors (Lipinski definition) is 6. The maximum atomic E-state index is 13.8. The molecule has 1 aliphatic heterocycles. The summed E-state index contributed by atoms with van der Waals surface area (Å²) < 4.78 is 0. The number of halogens is 1. The zero-order chi connectivity index (χ0) is 33.5. The molecule has 12 nitrogen and oxygen atoms in total. The highest BCUT2D eigenvalue weighted by Gasteiger charge is 2.43. The second-order valence-electron chi connectivity index (χ2n) is 11.7. The van der Waals surface area contributed by atoms with Crippen LogP contribution in [0.4, 0.5) is 4.79 Å². The number of hydrogen-bond donors (Lipinski definition) is 5. The third-order valence-corrected chi connectivity index (χ3v) is 8.05. The molecule has 4 rings (SSSR count). The lowest BCUT2D eigenvalue weighted by molar-refractivity contribution is -0.142. The van der Waals surface area contributed by atoms with Gasteiger partial charge in [-0.15, -0.1) is 11.6 Å². The van der Waals surface area contributed by atoms with E-state index in [0.29, 0.717) is 32.1 Å². The minimum absolute atomic E-state index is 0.242. The van der Waals surface area contributed by atoms with Gasteiger partial charge in [-0.3, -0.25) is 24.0 Å². The number of amides is 5. The number of nitrogens with one attached hydrogen (secondary N) is 3. The van der Waals surface area contributed by atoms with Gasteiger partial charge < -0.3 is 31.7 Å². The quantitative estimate of drug-likeness (QED) is 0.170. The molecule has 3 unspecified atom stereocenters. The fraction of sp³-hybridized carbons (Fsp3) is 0.625. The summed E-state index contributed by atoms with van der Waals surface area (Å²) in [5, 5.41) is 16.4. The van der Waals surface area contributed by atoms with E-state index in [1.165, 1.54) is 11.3 Å². The predicted molar refractivity (Wildman–Crippen MR) is 170 cm³/mol. The second-order valence-corrected chi connectivity index (χ2v) is 12.1. The zero-order valence-corrected chi connectivity index (χ0v) is 27.2. The van der Waals surface area contributed by atoms with Crippen LogP contribution in [0, 0.1) is 11.8 Å².